The molecule has 0 heterocycles. The first-order valence-electron chi connectivity index (χ1n) is 10.0. The Balaban J connectivity index is 2.64. The Morgan fingerprint density at radius 1 is 0.750 bits per heavy atom. The highest BCUT2D eigenvalue weighted by molar-refractivity contribution is 6.02. The van der Waals surface area contributed by atoms with Crippen molar-refractivity contribution in [1.82, 2.24) is 0 Å². The predicted molar refractivity (Wildman–Crippen MR) is 113 cm³/mol. The Kier molecular flexibility index (Phi) is 8.82. The SMILES string of the molecule is CCOC(=O)Cc1ccc2c(OC(=O)OCC)c(NC(C)=O)c(OC(=O)OCC)c-2cc1. The fourth-order valence-electron chi connectivity index (χ4n) is 2.84. The van der Waals surface area contributed by atoms with Crippen LogP contribution >= 0.6 is 0 Å². The van der Waals surface area contributed by atoms with E-state index >= 15 is 0 Å². The van der Waals surface area contributed by atoms with E-state index in [4.69, 9.17) is 23.7 Å². The Bertz CT molecular complexity index is 912. The second kappa shape index (κ2) is 11.5. The van der Waals surface area contributed by atoms with Crippen LogP contribution in [0.4, 0.5) is 15.3 Å². The maximum Gasteiger partial charge on any atom is 0.513 e. The number of carbonyl (C=O) groups is 4. The summed E-state index contributed by atoms with van der Waals surface area (Å²) in [6, 6.07) is 6.40. The first kappa shape index (κ1) is 24.4. The zero-order valence-corrected chi connectivity index (χ0v) is 18.3. The van der Waals surface area contributed by atoms with Crippen molar-refractivity contribution in [3.63, 3.8) is 0 Å². The number of rotatable bonds is 8. The van der Waals surface area contributed by atoms with Crippen molar-refractivity contribution in [2.75, 3.05) is 25.1 Å². The molecule has 32 heavy (non-hydrogen) atoms. The van der Waals surface area contributed by atoms with Crippen LogP contribution in [0.15, 0.2) is 24.3 Å². The van der Waals surface area contributed by atoms with Crippen LogP contribution < -0.4 is 14.8 Å². The molecule has 1 amide bonds. The zero-order valence-electron chi connectivity index (χ0n) is 18.3. The van der Waals surface area contributed by atoms with E-state index < -0.39 is 24.2 Å². The number of anilines is 1. The highest BCUT2D eigenvalue weighted by Crippen LogP contribution is 2.52. The molecule has 2 rings (SSSR count). The number of esters is 1. The molecule has 172 valence electrons. The quantitative estimate of drug-likeness (QED) is 0.473. The maximum atomic E-state index is 12.0. The van der Waals surface area contributed by atoms with Gasteiger partial charge in [0.2, 0.25) is 5.91 Å². The molecule has 0 fully saturated rings. The molecule has 0 unspecified atom stereocenters. The summed E-state index contributed by atoms with van der Waals surface area (Å²) in [7, 11) is 0. The Labute approximate surface area is 185 Å². The van der Waals surface area contributed by atoms with Crippen LogP contribution in [0.1, 0.15) is 33.3 Å². The number of fused-ring (bicyclic) bond motifs is 1. The third kappa shape index (κ3) is 6.34. The Hall–Kier alpha value is -3.82. The molecule has 0 saturated carbocycles. The molecule has 0 aliphatic heterocycles. The van der Waals surface area contributed by atoms with Crippen LogP contribution in [-0.2, 0) is 30.2 Å². The monoisotopic (exact) mass is 447 g/mol. The van der Waals surface area contributed by atoms with E-state index in [1.807, 2.05) is 0 Å². The van der Waals surface area contributed by atoms with Gasteiger partial charge in [-0.05, 0) is 26.3 Å². The summed E-state index contributed by atoms with van der Waals surface area (Å²) in [5.74, 6) is -1.06. The van der Waals surface area contributed by atoms with E-state index in [0.29, 0.717) is 16.7 Å². The normalized spacial score (nSPS) is 10.2. The molecule has 0 aromatic carbocycles. The number of ether oxygens (including phenoxy) is 5. The molecule has 2 aliphatic carbocycles. The van der Waals surface area contributed by atoms with Crippen molar-refractivity contribution in [3.05, 3.63) is 29.8 Å². The minimum atomic E-state index is -1.01. The van der Waals surface area contributed by atoms with E-state index in [9.17, 15) is 19.2 Å². The number of carbonyl (C=O) groups excluding carboxylic acids is 4. The average molecular weight is 447 g/mol. The lowest BCUT2D eigenvalue weighted by molar-refractivity contribution is -0.142. The highest BCUT2D eigenvalue weighted by atomic mass is 16.7. The lowest BCUT2D eigenvalue weighted by Crippen LogP contribution is -2.14. The summed E-state index contributed by atoms with van der Waals surface area (Å²) >= 11 is 0. The van der Waals surface area contributed by atoms with Gasteiger partial charge in [0.1, 0.15) is 5.69 Å². The first-order valence-corrected chi connectivity index (χ1v) is 10.0. The standard InChI is InChI=1S/C22H25NO9/c1-5-28-17(25)12-14-8-10-15-16(11-9-14)20(32-22(27)30-7-3)18(23-13(4)24)19(15)31-21(26)29-6-2/h8-11H,5-7,12H2,1-4H3,(H,23,24). The molecular weight excluding hydrogens is 422 g/mol. The molecule has 2 aliphatic rings. The molecular formula is C22H25NO9. The number of amides is 1. The van der Waals surface area contributed by atoms with Crippen LogP contribution in [0.2, 0.25) is 0 Å². The van der Waals surface area contributed by atoms with Crippen molar-refractivity contribution in [2.24, 2.45) is 0 Å². The van der Waals surface area contributed by atoms with Gasteiger partial charge in [-0.3, -0.25) is 9.59 Å². The van der Waals surface area contributed by atoms with E-state index in [-0.39, 0.29) is 43.4 Å². The minimum absolute atomic E-state index is 0.00576. The van der Waals surface area contributed by atoms with Gasteiger partial charge >= 0.3 is 18.3 Å². The summed E-state index contributed by atoms with van der Waals surface area (Å²) < 4.78 is 25.3. The predicted octanol–water partition coefficient (Wildman–Crippen LogP) is 3.93. The average Bonchev–Trinajstić information content (AvgIpc) is 2.84. The third-order valence-electron chi connectivity index (χ3n) is 4.01. The molecule has 0 atom stereocenters. The number of hydrogen-bond donors (Lipinski definition) is 1. The van der Waals surface area contributed by atoms with Gasteiger partial charge in [0, 0.05) is 18.1 Å². The zero-order chi connectivity index (χ0) is 23.7. The van der Waals surface area contributed by atoms with Gasteiger partial charge in [-0.25, -0.2) is 9.59 Å². The van der Waals surface area contributed by atoms with Crippen molar-refractivity contribution >= 4 is 29.9 Å². The van der Waals surface area contributed by atoms with E-state index in [1.165, 1.54) is 6.92 Å². The Morgan fingerprint density at radius 2 is 1.22 bits per heavy atom. The summed E-state index contributed by atoms with van der Waals surface area (Å²) in [6.45, 7) is 6.55. The molecule has 10 nitrogen and oxygen atoms in total. The number of hydrogen-bond acceptors (Lipinski definition) is 9. The van der Waals surface area contributed by atoms with Crippen LogP contribution in [0.3, 0.4) is 0 Å². The lowest BCUT2D eigenvalue weighted by atomic mass is 10.2. The lowest BCUT2D eigenvalue weighted by Gasteiger charge is -2.09. The first-order chi connectivity index (χ1) is 15.3. The molecule has 0 aromatic heterocycles. The molecule has 0 spiro atoms. The van der Waals surface area contributed by atoms with E-state index in [1.54, 1.807) is 45.0 Å². The summed E-state index contributed by atoms with van der Waals surface area (Å²) in [5.41, 5.74) is 1.23. The fraction of sp³-hybridized carbons (Fsp3) is 0.364. The van der Waals surface area contributed by atoms with Gasteiger partial charge in [-0.15, -0.1) is 0 Å². The summed E-state index contributed by atoms with van der Waals surface area (Å²) in [4.78, 5) is 47.7. The van der Waals surface area contributed by atoms with Crippen molar-refractivity contribution in [3.8, 4) is 22.6 Å². The van der Waals surface area contributed by atoms with Gasteiger partial charge in [0.15, 0.2) is 11.5 Å². The third-order valence-corrected chi connectivity index (χ3v) is 4.01. The second-order valence-corrected chi connectivity index (χ2v) is 6.34. The highest BCUT2D eigenvalue weighted by Gasteiger charge is 2.30. The molecule has 0 saturated heterocycles. The van der Waals surface area contributed by atoms with E-state index in [0.717, 1.165) is 0 Å². The van der Waals surface area contributed by atoms with Crippen LogP contribution in [0.25, 0.3) is 11.1 Å². The molecule has 0 aromatic rings. The van der Waals surface area contributed by atoms with Crippen molar-refractivity contribution in [1.29, 1.82) is 0 Å². The van der Waals surface area contributed by atoms with Gasteiger partial charge in [0.25, 0.3) is 0 Å². The molecule has 1 N–H and O–H groups in total. The molecule has 0 bridgehead atoms. The van der Waals surface area contributed by atoms with Crippen LogP contribution in [0, 0.1) is 0 Å². The topological polar surface area (TPSA) is 126 Å². The Morgan fingerprint density at radius 3 is 1.62 bits per heavy atom. The van der Waals surface area contributed by atoms with E-state index in [2.05, 4.69) is 5.32 Å². The van der Waals surface area contributed by atoms with Gasteiger partial charge in [0.05, 0.1) is 26.2 Å². The summed E-state index contributed by atoms with van der Waals surface area (Å²) in [5, 5.41) is 2.52. The van der Waals surface area contributed by atoms with Gasteiger partial charge in [-0.1, -0.05) is 24.3 Å². The van der Waals surface area contributed by atoms with Gasteiger partial charge < -0.3 is 29.0 Å². The maximum absolute atomic E-state index is 12.0. The fourth-order valence-corrected chi connectivity index (χ4v) is 2.84. The molecule has 10 heteroatoms. The van der Waals surface area contributed by atoms with Crippen molar-refractivity contribution < 1.29 is 42.9 Å². The number of nitrogens with one attached hydrogen (secondary N) is 1. The largest absolute Gasteiger partial charge is 0.513 e. The molecule has 0 radical (unpaired) electrons. The van der Waals surface area contributed by atoms with Crippen LogP contribution in [-0.4, -0.2) is 44.0 Å². The van der Waals surface area contributed by atoms with Crippen LogP contribution in [0.5, 0.6) is 11.5 Å². The second-order valence-electron chi connectivity index (χ2n) is 6.34. The summed E-state index contributed by atoms with van der Waals surface area (Å²) in [6.07, 6.45) is -2.01. The minimum Gasteiger partial charge on any atom is -0.466 e. The smallest absolute Gasteiger partial charge is 0.466 e. The van der Waals surface area contributed by atoms with Crippen molar-refractivity contribution in [2.45, 2.75) is 34.1 Å². The van der Waals surface area contributed by atoms with Gasteiger partial charge in [-0.2, -0.15) is 0 Å².